The van der Waals surface area contributed by atoms with Crippen LogP contribution in [0.4, 0.5) is 8.78 Å². The molecule has 1 aliphatic rings. The summed E-state index contributed by atoms with van der Waals surface area (Å²) in [5.41, 5.74) is 1.01. The van der Waals surface area contributed by atoms with Crippen LogP contribution >= 0.6 is 11.8 Å². The van der Waals surface area contributed by atoms with Crippen molar-refractivity contribution in [3.8, 4) is 16.9 Å². The lowest BCUT2D eigenvalue weighted by Crippen LogP contribution is -2.27. The van der Waals surface area contributed by atoms with Crippen LogP contribution in [0.2, 0.25) is 0 Å². The first kappa shape index (κ1) is 24.0. The number of hydrogen-bond donors (Lipinski definition) is 0. The fraction of sp³-hybridized carbons (Fsp3) is 0.417. The van der Waals surface area contributed by atoms with E-state index in [0.29, 0.717) is 16.9 Å². The summed E-state index contributed by atoms with van der Waals surface area (Å²) in [5, 5.41) is 0. The Bertz CT molecular complexity index is 943. The molecule has 32 heavy (non-hydrogen) atoms. The average Bonchev–Trinajstić information content (AvgIpc) is 3.29. The van der Waals surface area contributed by atoms with Crippen molar-refractivity contribution in [1.29, 1.82) is 0 Å². The summed E-state index contributed by atoms with van der Waals surface area (Å²) in [7, 11) is 2.37. The third kappa shape index (κ3) is 6.00. The summed E-state index contributed by atoms with van der Waals surface area (Å²) in [6.07, 6.45) is 4.53. The number of methoxy groups -OCH3 is 2. The Hall–Kier alpha value is -2.61. The monoisotopic (exact) mass is 464 g/mol. The SMILES string of the molecule is COC(=O)C(CCSc1c(F)cc(F)cc1-c1cccc(OC2CCCC2)c1)C(=O)OC. The lowest BCUT2D eigenvalue weighted by atomic mass is 10.0. The molecule has 1 fully saturated rings. The maximum absolute atomic E-state index is 14.7. The van der Waals surface area contributed by atoms with Crippen molar-refractivity contribution in [1.82, 2.24) is 0 Å². The van der Waals surface area contributed by atoms with Crippen LogP contribution in [0, 0.1) is 17.6 Å². The van der Waals surface area contributed by atoms with Gasteiger partial charge in [-0.1, -0.05) is 12.1 Å². The van der Waals surface area contributed by atoms with E-state index in [9.17, 15) is 18.4 Å². The highest BCUT2D eigenvalue weighted by Gasteiger charge is 2.28. The smallest absolute Gasteiger partial charge is 0.320 e. The molecule has 8 heteroatoms. The standard InChI is InChI=1S/C24H26F2O5S/c1-29-23(27)19(24(28)30-2)10-11-32-22-20(13-16(25)14-21(22)26)15-6-5-9-18(12-15)31-17-7-3-4-8-17/h5-6,9,12-14,17,19H,3-4,7-8,10-11H2,1-2H3. The second kappa shape index (κ2) is 11.3. The van der Waals surface area contributed by atoms with Gasteiger partial charge >= 0.3 is 11.9 Å². The van der Waals surface area contributed by atoms with Crippen molar-refractivity contribution in [3.63, 3.8) is 0 Å². The van der Waals surface area contributed by atoms with Gasteiger partial charge in [0.2, 0.25) is 0 Å². The van der Waals surface area contributed by atoms with E-state index in [4.69, 9.17) is 4.74 Å². The molecule has 3 rings (SSSR count). The highest BCUT2D eigenvalue weighted by Crippen LogP contribution is 2.37. The van der Waals surface area contributed by atoms with Gasteiger partial charge in [-0.15, -0.1) is 11.8 Å². The van der Waals surface area contributed by atoms with Crippen molar-refractivity contribution in [2.45, 2.75) is 43.1 Å². The number of halogens is 2. The molecule has 0 aromatic heterocycles. The molecule has 1 aliphatic carbocycles. The predicted octanol–water partition coefficient (Wildman–Crippen LogP) is 5.40. The Morgan fingerprint density at radius 3 is 2.41 bits per heavy atom. The van der Waals surface area contributed by atoms with Crippen molar-refractivity contribution < 1.29 is 32.6 Å². The molecular weight excluding hydrogens is 438 g/mol. The summed E-state index contributed by atoms with van der Waals surface area (Å²) in [6, 6.07) is 9.28. The molecule has 0 saturated heterocycles. The molecule has 0 bridgehead atoms. The van der Waals surface area contributed by atoms with E-state index in [1.54, 1.807) is 18.2 Å². The van der Waals surface area contributed by atoms with Gasteiger partial charge in [0.25, 0.3) is 0 Å². The Morgan fingerprint density at radius 2 is 1.75 bits per heavy atom. The van der Waals surface area contributed by atoms with E-state index in [-0.39, 0.29) is 23.2 Å². The molecule has 0 N–H and O–H groups in total. The normalized spacial score (nSPS) is 13.9. The molecule has 5 nitrogen and oxygen atoms in total. The molecule has 0 amide bonds. The number of hydrogen-bond acceptors (Lipinski definition) is 6. The van der Waals surface area contributed by atoms with Gasteiger partial charge in [-0.2, -0.15) is 0 Å². The van der Waals surface area contributed by atoms with Crippen LogP contribution in [0.25, 0.3) is 11.1 Å². The van der Waals surface area contributed by atoms with Gasteiger partial charge < -0.3 is 14.2 Å². The molecule has 1 saturated carbocycles. The molecule has 0 radical (unpaired) electrons. The van der Waals surface area contributed by atoms with Crippen molar-refractivity contribution in [3.05, 3.63) is 48.0 Å². The van der Waals surface area contributed by atoms with E-state index in [1.165, 1.54) is 20.3 Å². The van der Waals surface area contributed by atoms with Crippen LogP contribution in [-0.4, -0.2) is 38.0 Å². The first-order chi connectivity index (χ1) is 15.4. The third-order valence-corrected chi connectivity index (χ3v) is 6.53. The number of ether oxygens (including phenoxy) is 3. The quantitative estimate of drug-likeness (QED) is 0.281. The molecule has 0 unspecified atom stereocenters. The van der Waals surface area contributed by atoms with E-state index in [0.717, 1.165) is 43.5 Å². The second-order valence-electron chi connectivity index (χ2n) is 7.55. The van der Waals surface area contributed by atoms with Gasteiger partial charge in [0.05, 0.1) is 25.2 Å². The first-order valence-electron chi connectivity index (χ1n) is 10.5. The number of thioether (sulfide) groups is 1. The molecule has 0 aliphatic heterocycles. The topological polar surface area (TPSA) is 61.8 Å². The highest BCUT2D eigenvalue weighted by atomic mass is 32.2. The largest absolute Gasteiger partial charge is 0.490 e. The van der Waals surface area contributed by atoms with Gasteiger partial charge in [0, 0.05) is 11.6 Å². The number of benzene rings is 2. The minimum Gasteiger partial charge on any atom is -0.490 e. The fourth-order valence-corrected chi connectivity index (χ4v) is 4.84. The Labute approximate surface area is 190 Å². The maximum Gasteiger partial charge on any atom is 0.320 e. The lowest BCUT2D eigenvalue weighted by Gasteiger charge is -2.16. The zero-order valence-electron chi connectivity index (χ0n) is 18.1. The number of carbonyl (C=O) groups excluding carboxylic acids is 2. The van der Waals surface area contributed by atoms with Crippen molar-refractivity contribution in [2.24, 2.45) is 5.92 Å². The van der Waals surface area contributed by atoms with Gasteiger partial charge in [0.1, 0.15) is 17.4 Å². The molecular formula is C24H26F2O5S. The first-order valence-corrected chi connectivity index (χ1v) is 11.5. The van der Waals surface area contributed by atoms with Gasteiger partial charge in [0.15, 0.2) is 5.92 Å². The summed E-state index contributed by atoms with van der Waals surface area (Å²) < 4.78 is 44.1. The van der Waals surface area contributed by atoms with Gasteiger partial charge in [-0.05, 0) is 61.6 Å². The number of carbonyl (C=O) groups is 2. The van der Waals surface area contributed by atoms with Crippen LogP contribution in [0.15, 0.2) is 41.3 Å². The molecule has 0 spiro atoms. The van der Waals surface area contributed by atoms with Gasteiger partial charge in [-0.3, -0.25) is 9.59 Å². The van der Waals surface area contributed by atoms with Crippen LogP contribution in [0.5, 0.6) is 5.75 Å². The molecule has 0 heterocycles. The number of esters is 2. The Balaban J connectivity index is 1.81. The van der Waals surface area contributed by atoms with Crippen LogP contribution in [0.3, 0.4) is 0 Å². The minimum absolute atomic E-state index is 0.0884. The van der Waals surface area contributed by atoms with Crippen molar-refractivity contribution in [2.75, 3.05) is 20.0 Å². The number of rotatable bonds is 9. The summed E-state index contributed by atoms with van der Waals surface area (Å²) in [6.45, 7) is 0. The second-order valence-corrected chi connectivity index (χ2v) is 8.66. The zero-order chi connectivity index (χ0) is 23.1. The third-order valence-electron chi connectivity index (χ3n) is 5.38. The van der Waals surface area contributed by atoms with Crippen LogP contribution in [0.1, 0.15) is 32.1 Å². The van der Waals surface area contributed by atoms with Crippen molar-refractivity contribution >= 4 is 23.7 Å². The summed E-state index contributed by atoms with van der Waals surface area (Å²) in [5.74, 6) is -3.05. The molecule has 0 atom stereocenters. The Kier molecular flexibility index (Phi) is 8.50. The Morgan fingerprint density at radius 1 is 1.06 bits per heavy atom. The molecule has 2 aromatic carbocycles. The maximum atomic E-state index is 14.7. The molecule has 172 valence electrons. The highest BCUT2D eigenvalue weighted by molar-refractivity contribution is 7.99. The fourth-order valence-electron chi connectivity index (χ4n) is 3.75. The summed E-state index contributed by atoms with van der Waals surface area (Å²) >= 11 is 1.10. The van der Waals surface area contributed by atoms with E-state index in [2.05, 4.69) is 9.47 Å². The van der Waals surface area contributed by atoms with E-state index >= 15 is 0 Å². The minimum atomic E-state index is -1.10. The lowest BCUT2D eigenvalue weighted by molar-refractivity contribution is -0.158. The molecule has 2 aromatic rings. The van der Waals surface area contributed by atoms with Gasteiger partial charge in [-0.25, -0.2) is 8.78 Å². The van der Waals surface area contributed by atoms with Crippen LogP contribution < -0.4 is 4.74 Å². The van der Waals surface area contributed by atoms with E-state index in [1.807, 2.05) is 6.07 Å². The van der Waals surface area contributed by atoms with Crippen LogP contribution in [-0.2, 0) is 19.1 Å². The van der Waals surface area contributed by atoms with E-state index < -0.39 is 29.5 Å². The zero-order valence-corrected chi connectivity index (χ0v) is 18.9. The summed E-state index contributed by atoms with van der Waals surface area (Å²) in [4.78, 5) is 24.0. The average molecular weight is 465 g/mol. The predicted molar refractivity (Wildman–Crippen MR) is 118 cm³/mol.